The standard InChI is InChI=1S/C13H24N2O4/c1-3-9-4-6-10(7-5-9)14-13(19)15-11(8(2)16)12(17)18/h8-11,16H,3-7H2,1-2H3,(H,17,18)(H2,14,15,19). The van der Waals surface area contributed by atoms with Gasteiger partial charge in [0, 0.05) is 6.04 Å². The monoisotopic (exact) mass is 272 g/mol. The van der Waals surface area contributed by atoms with Gasteiger partial charge >= 0.3 is 12.0 Å². The first-order chi connectivity index (χ1) is 8.93. The van der Waals surface area contributed by atoms with Crippen LogP contribution in [0, 0.1) is 5.92 Å². The molecule has 0 bridgehead atoms. The number of carboxylic acids is 1. The molecule has 1 aliphatic carbocycles. The van der Waals surface area contributed by atoms with Crippen molar-refractivity contribution in [1.29, 1.82) is 0 Å². The molecular weight excluding hydrogens is 248 g/mol. The van der Waals surface area contributed by atoms with Gasteiger partial charge in [-0.3, -0.25) is 0 Å². The van der Waals surface area contributed by atoms with Gasteiger partial charge in [-0.1, -0.05) is 13.3 Å². The van der Waals surface area contributed by atoms with Gasteiger partial charge < -0.3 is 20.8 Å². The highest BCUT2D eigenvalue weighted by Gasteiger charge is 2.27. The van der Waals surface area contributed by atoms with E-state index in [4.69, 9.17) is 5.11 Å². The minimum Gasteiger partial charge on any atom is -0.480 e. The molecule has 2 amide bonds. The molecule has 1 rings (SSSR count). The molecule has 4 N–H and O–H groups in total. The third-order valence-electron chi connectivity index (χ3n) is 3.79. The van der Waals surface area contributed by atoms with Crippen LogP contribution >= 0.6 is 0 Å². The Labute approximate surface area is 113 Å². The predicted octanol–water partition coefficient (Wildman–Crippen LogP) is 1.09. The van der Waals surface area contributed by atoms with Gasteiger partial charge in [-0.05, 0) is 38.5 Å². The number of urea groups is 1. The number of rotatable bonds is 5. The lowest BCUT2D eigenvalue weighted by atomic mass is 9.85. The van der Waals surface area contributed by atoms with E-state index in [9.17, 15) is 14.7 Å². The van der Waals surface area contributed by atoms with Crippen molar-refractivity contribution >= 4 is 12.0 Å². The van der Waals surface area contributed by atoms with Crippen molar-refractivity contribution in [1.82, 2.24) is 10.6 Å². The van der Waals surface area contributed by atoms with E-state index in [1.165, 1.54) is 13.3 Å². The van der Waals surface area contributed by atoms with Crippen LogP contribution in [0.15, 0.2) is 0 Å². The maximum atomic E-state index is 11.7. The third kappa shape index (κ3) is 5.06. The Morgan fingerprint density at radius 3 is 2.26 bits per heavy atom. The van der Waals surface area contributed by atoms with Crippen molar-refractivity contribution in [2.45, 2.75) is 64.1 Å². The summed E-state index contributed by atoms with van der Waals surface area (Å²) in [4.78, 5) is 22.5. The highest BCUT2D eigenvalue weighted by Crippen LogP contribution is 2.26. The van der Waals surface area contributed by atoms with E-state index in [1.807, 2.05) is 0 Å². The molecule has 19 heavy (non-hydrogen) atoms. The summed E-state index contributed by atoms with van der Waals surface area (Å²) >= 11 is 0. The van der Waals surface area contributed by atoms with Crippen LogP contribution in [0.4, 0.5) is 4.79 Å². The first-order valence-electron chi connectivity index (χ1n) is 6.92. The fourth-order valence-corrected chi connectivity index (χ4v) is 2.47. The minimum atomic E-state index is -1.27. The van der Waals surface area contributed by atoms with Crippen molar-refractivity contribution in [3.8, 4) is 0 Å². The quantitative estimate of drug-likeness (QED) is 0.602. The number of carbonyl (C=O) groups is 2. The number of hydrogen-bond donors (Lipinski definition) is 4. The normalized spacial score (nSPS) is 26.3. The third-order valence-corrected chi connectivity index (χ3v) is 3.79. The molecule has 2 unspecified atom stereocenters. The highest BCUT2D eigenvalue weighted by molar-refractivity contribution is 5.83. The summed E-state index contributed by atoms with van der Waals surface area (Å²) in [5.74, 6) is -0.495. The summed E-state index contributed by atoms with van der Waals surface area (Å²) in [5.41, 5.74) is 0. The van der Waals surface area contributed by atoms with E-state index in [0.717, 1.165) is 31.6 Å². The Morgan fingerprint density at radius 1 is 1.26 bits per heavy atom. The lowest BCUT2D eigenvalue weighted by molar-refractivity contribution is -0.141. The van der Waals surface area contributed by atoms with Crippen molar-refractivity contribution in [3.63, 3.8) is 0 Å². The number of carboxylic acid groups (broad SMARTS) is 1. The van der Waals surface area contributed by atoms with Gasteiger partial charge in [-0.25, -0.2) is 9.59 Å². The first-order valence-corrected chi connectivity index (χ1v) is 6.92. The maximum Gasteiger partial charge on any atom is 0.328 e. The fourth-order valence-electron chi connectivity index (χ4n) is 2.47. The van der Waals surface area contributed by atoms with E-state index in [2.05, 4.69) is 17.6 Å². The lowest BCUT2D eigenvalue weighted by Gasteiger charge is -2.29. The first kappa shape index (κ1) is 15.8. The summed E-state index contributed by atoms with van der Waals surface area (Å²) in [7, 11) is 0. The van der Waals surface area contributed by atoms with Crippen LogP contribution in [0.5, 0.6) is 0 Å². The summed E-state index contributed by atoms with van der Waals surface area (Å²) in [6, 6.07) is -1.69. The number of carbonyl (C=O) groups excluding carboxylic acids is 1. The number of nitrogens with one attached hydrogen (secondary N) is 2. The smallest absolute Gasteiger partial charge is 0.328 e. The summed E-state index contributed by atoms with van der Waals surface area (Å²) in [6.07, 6.45) is 4.10. The summed E-state index contributed by atoms with van der Waals surface area (Å²) < 4.78 is 0. The van der Waals surface area contributed by atoms with Crippen molar-refractivity contribution in [2.75, 3.05) is 0 Å². The van der Waals surface area contributed by atoms with Crippen molar-refractivity contribution in [2.24, 2.45) is 5.92 Å². The molecule has 0 aliphatic heterocycles. The topological polar surface area (TPSA) is 98.7 Å². The Morgan fingerprint density at radius 2 is 1.84 bits per heavy atom. The summed E-state index contributed by atoms with van der Waals surface area (Å²) in [6.45, 7) is 3.51. The van der Waals surface area contributed by atoms with Crippen LogP contribution in [-0.4, -0.2) is 40.4 Å². The van der Waals surface area contributed by atoms with Gasteiger partial charge in [0.25, 0.3) is 0 Å². The molecule has 1 aliphatic rings. The molecule has 0 heterocycles. The fraction of sp³-hybridized carbons (Fsp3) is 0.846. The second kappa shape index (κ2) is 7.33. The van der Waals surface area contributed by atoms with Gasteiger partial charge in [0.15, 0.2) is 6.04 Å². The molecule has 0 aromatic carbocycles. The lowest BCUT2D eigenvalue weighted by Crippen LogP contribution is -2.53. The van der Waals surface area contributed by atoms with E-state index < -0.39 is 24.1 Å². The van der Waals surface area contributed by atoms with E-state index in [0.29, 0.717) is 0 Å². The van der Waals surface area contributed by atoms with Crippen LogP contribution in [-0.2, 0) is 4.79 Å². The number of amides is 2. The number of aliphatic hydroxyl groups excluding tert-OH is 1. The molecule has 1 saturated carbocycles. The molecular formula is C13H24N2O4. The average molecular weight is 272 g/mol. The Balaban J connectivity index is 2.37. The van der Waals surface area contributed by atoms with Crippen LogP contribution in [0.3, 0.4) is 0 Å². The van der Waals surface area contributed by atoms with Gasteiger partial charge in [0.2, 0.25) is 0 Å². The maximum absolute atomic E-state index is 11.7. The molecule has 0 aromatic rings. The van der Waals surface area contributed by atoms with Gasteiger partial charge in [0.05, 0.1) is 6.10 Å². The van der Waals surface area contributed by atoms with E-state index >= 15 is 0 Å². The SMILES string of the molecule is CCC1CCC(NC(=O)NC(C(=O)O)C(C)O)CC1. The van der Waals surface area contributed by atoms with E-state index in [1.54, 1.807) is 0 Å². The Bertz CT molecular complexity index is 312. The second-order valence-corrected chi connectivity index (χ2v) is 5.30. The molecule has 0 spiro atoms. The molecule has 1 fully saturated rings. The second-order valence-electron chi connectivity index (χ2n) is 5.30. The molecule has 6 heteroatoms. The zero-order valence-corrected chi connectivity index (χ0v) is 11.6. The van der Waals surface area contributed by atoms with Crippen molar-refractivity contribution < 1.29 is 19.8 Å². The van der Waals surface area contributed by atoms with Crippen LogP contribution in [0.25, 0.3) is 0 Å². The largest absolute Gasteiger partial charge is 0.480 e. The van der Waals surface area contributed by atoms with Crippen LogP contribution < -0.4 is 10.6 Å². The Kier molecular flexibility index (Phi) is 6.08. The summed E-state index contributed by atoms with van der Waals surface area (Å²) in [5, 5.41) is 23.2. The molecule has 2 atom stereocenters. The zero-order chi connectivity index (χ0) is 14.4. The van der Waals surface area contributed by atoms with Gasteiger partial charge in [-0.15, -0.1) is 0 Å². The minimum absolute atomic E-state index is 0.103. The number of aliphatic carboxylic acids is 1. The number of hydrogen-bond acceptors (Lipinski definition) is 3. The van der Waals surface area contributed by atoms with E-state index in [-0.39, 0.29) is 6.04 Å². The number of aliphatic hydroxyl groups is 1. The average Bonchev–Trinajstić information content (AvgIpc) is 2.36. The van der Waals surface area contributed by atoms with Crippen LogP contribution in [0.1, 0.15) is 46.0 Å². The van der Waals surface area contributed by atoms with Gasteiger partial charge in [0.1, 0.15) is 0 Å². The van der Waals surface area contributed by atoms with Gasteiger partial charge in [-0.2, -0.15) is 0 Å². The van der Waals surface area contributed by atoms with Crippen molar-refractivity contribution in [3.05, 3.63) is 0 Å². The van der Waals surface area contributed by atoms with Crippen LogP contribution in [0.2, 0.25) is 0 Å². The highest BCUT2D eigenvalue weighted by atomic mass is 16.4. The Hall–Kier alpha value is -1.30. The predicted molar refractivity (Wildman–Crippen MR) is 70.8 cm³/mol. The molecule has 0 aromatic heterocycles. The molecule has 0 saturated heterocycles. The zero-order valence-electron chi connectivity index (χ0n) is 11.6. The molecule has 110 valence electrons. The molecule has 0 radical (unpaired) electrons. The molecule has 6 nitrogen and oxygen atoms in total.